The molecule has 1 N–H and O–H groups in total. The molecule has 1 aromatic carbocycles. The van der Waals surface area contributed by atoms with Gasteiger partial charge in [-0.25, -0.2) is 0 Å². The van der Waals surface area contributed by atoms with Crippen LogP contribution in [0.4, 0.5) is 13.2 Å². The van der Waals surface area contributed by atoms with Gasteiger partial charge in [-0.3, -0.25) is 4.79 Å². The number of carbonyl (C=O) groups excluding carboxylic acids is 1. The standard InChI is InChI=1S/C22H26BrF3O5/c1-11(2)16-18(23)13(9-15(29-5)20(16)30-6)19(28)17-12(3)14(27)7-8-21(17,4)31-10-22(24,25)26/h7-9,11,19,28H,10H2,1-6H3. The molecule has 0 saturated heterocycles. The van der Waals surface area contributed by atoms with Crippen molar-refractivity contribution in [3.63, 3.8) is 0 Å². The van der Waals surface area contributed by atoms with Crippen LogP contribution in [0.25, 0.3) is 0 Å². The molecule has 0 heterocycles. The lowest BCUT2D eigenvalue weighted by Gasteiger charge is -2.37. The van der Waals surface area contributed by atoms with Crippen LogP contribution in [0.1, 0.15) is 50.8 Å². The summed E-state index contributed by atoms with van der Waals surface area (Å²) in [6.07, 6.45) is -3.62. The highest BCUT2D eigenvalue weighted by Gasteiger charge is 2.42. The summed E-state index contributed by atoms with van der Waals surface area (Å²) < 4.78 is 55.2. The van der Waals surface area contributed by atoms with E-state index >= 15 is 0 Å². The topological polar surface area (TPSA) is 65.0 Å². The first kappa shape index (κ1) is 25.4. The number of ketones is 1. The molecule has 0 bridgehead atoms. The number of alkyl halides is 3. The maximum atomic E-state index is 12.9. The zero-order chi connectivity index (χ0) is 23.7. The Bertz CT molecular complexity index is 921. The summed E-state index contributed by atoms with van der Waals surface area (Å²) in [5.74, 6) is 0.364. The van der Waals surface area contributed by atoms with Crippen LogP contribution in [0, 0.1) is 0 Å². The maximum absolute atomic E-state index is 12.9. The van der Waals surface area contributed by atoms with Crippen molar-refractivity contribution in [2.75, 3.05) is 20.8 Å². The third-order valence-electron chi connectivity index (χ3n) is 5.21. The smallest absolute Gasteiger partial charge is 0.411 e. The number of hydrogen-bond donors (Lipinski definition) is 1. The van der Waals surface area contributed by atoms with Crippen molar-refractivity contribution >= 4 is 21.7 Å². The highest BCUT2D eigenvalue weighted by Crippen LogP contribution is 2.48. The molecule has 2 atom stereocenters. The van der Waals surface area contributed by atoms with Gasteiger partial charge in [0.2, 0.25) is 0 Å². The molecule has 0 amide bonds. The van der Waals surface area contributed by atoms with E-state index < -0.39 is 30.3 Å². The number of rotatable bonds is 7. The average Bonchev–Trinajstić information content (AvgIpc) is 2.68. The van der Waals surface area contributed by atoms with Crippen LogP contribution in [0.3, 0.4) is 0 Å². The van der Waals surface area contributed by atoms with E-state index in [9.17, 15) is 23.1 Å². The molecule has 0 radical (unpaired) electrons. The van der Waals surface area contributed by atoms with Crippen LogP contribution in [-0.4, -0.2) is 43.5 Å². The molecule has 0 saturated carbocycles. The van der Waals surface area contributed by atoms with Crippen molar-refractivity contribution in [2.24, 2.45) is 0 Å². The van der Waals surface area contributed by atoms with Crippen LogP contribution >= 0.6 is 15.9 Å². The van der Waals surface area contributed by atoms with Crippen LogP contribution in [0.15, 0.2) is 33.8 Å². The monoisotopic (exact) mass is 506 g/mol. The van der Waals surface area contributed by atoms with Crippen molar-refractivity contribution in [1.82, 2.24) is 0 Å². The summed E-state index contributed by atoms with van der Waals surface area (Å²) in [4.78, 5) is 12.3. The minimum Gasteiger partial charge on any atom is -0.493 e. The van der Waals surface area contributed by atoms with Crippen LogP contribution in [-0.2, 0) is 9.53 Å². The van der Waals surface area contributed by atoms with Crippen molar-refractivity contribution < 1.29 is 37.3 Å². The van der Waals surface area contributed by atoms with Gasteiger partial charge < -0.3 is 19.3 Å². The third kappa shape index (κ3) is 5.15. The Kier molecular flexibility index (Phi) is 7.66. The van der Waals surface area contributed by atoms with Gasteiger partial charge in [0, 0.05) is 26.7 Å². The van der Waals surface area contributed by atoms with Gasteiger partial charge in [0.05, 0.1) is 14.2 Å². The van der Waals surface area contributed by atoms with Crippen molar-refractivity contribution in [1.29, 1.82) is 0 Å². The zero-order valence-electron chi connectivity index (χ0n) is 18.2. The molecule has 2 unspecified atom stereocenters. The predicted octanol–water partition coefficient (Wildman–Crippen LogP) is 5.42. The Morgan fingerprint density at radius 3 is 2.32 bits per heavy atom. The van der Waals surface area contributed by atoms with Crippen molar-refractivity contribution in [2.45, 2.75) is 51.5 Å². The molecule has 9 heteroatoms. The summed E-state index contributed by atoms with van der Waals surface area (Å²) in [6, 6.07) is 1.53. The number of ether oxygens (including phenoxy) is 3. The largest absolute Gasteiger partial charge is 0.493 e. The Balaban J connectivity index is 2.69. The van der Waals surface area contributed by atoms with Crippen LogP contribution in [0.5, 0.6) is 11.5 Å². The van der Waals surface area contributed by atoms with Gasteiger partial charge in [0.15, 0.2) is 17.3 Å². The normalized spacial score (nSPS) is 20.5. The predicted molar refractivity (Wildman–Crippen MR) is 114 cm³/mol. The molecule has 31 heavy (non-hydrogen) atoms. The fourth-order valence-corrected chi connectivity index (χ4v) is 4.65. The molecular weight excluding hydrogens is 481 g/mol. The van der Waals surface area contributed by atoms with E-state index in [1.54, 1.807) is 0 Å². The minimum atomic E-state index is -4.57. The Hall–Kier alpha value is -1.84. The second-order valence-electron chi connectivity index (χ2n) is 7.73. The molecular formula is C22H26BrF3O5. The first-order valence-corrected chi connectivity index (χ1v) is 10.3. The Morgan fingerprint density at radius 2 is 1.84 bits per heavy atom. The van der Waals surface area contributed by atoms with E-state index in [0.717, 1.165) is 6.08 Å². The molecule has 172 valence electrons. The number of allylic oxidation sites excluding steroid dienone is 2. The number of halogens is 4. The number of methoxy groups -OCH3 is 2. The Labute approximate surface area is 188 Å². The van der Waals surface area contributed by atoms with Gasteiger partial charge in [-0.2, -0.15) is 13.2 Å². The molecule has 0 fully saturated rings. The summed E-state index contributed by atoms with van der Waals surface area (Å²) in [7, 11) is 2.94. The maximum Gasteiger partial charge on any atom is 0.411 e. The van der Waals surface area contributed by atoms with E-state index in [1.807, 2.05) is 13.8 Å². The highest BCUT2D eigenvalue weighted by atomic mass is 79.9. The lowest BCUT2D eigenvalue weighted by Crippen LogP contribution is -2.39. The molecule has 2 rings (SSSR count). The average molecular weight is 507 g/mol. The molecule has 1 aromatic rings. The molecule has 0 spiro atoms. The molecule has 0 aromatic heterocycles. The Morgan fingerprint density at radius 1 is 1.23 bits per heavy atom. The molecule has 1 aliphatic carbocycles. The quantitative estimate of drug-likeness (QED) is 0.535. The van der Waals surface area contributed by atoms with Crippen LogP contribution in [0.2, 0.25) is 0 Å². The lowest BCUT2D eigenvalue weighted by molar-refractivity contribution is -0.191. The van der Waals surface area contributed by atoms with Gasteiger partial charge in [-0.05, 0) is 53.9 Å². The van der Waals surface area contributed by atoms with Crippen molar-refractivity contribution in [3.8, 4) is 11.5 Å². The van der Waals surface area contributed by atoms with E-state index in [4.69, 9.17) is 14.2 Å². The molecule has 1 aliphatic rings. The van der Waals surface area contributed by atoms with Gasteiger partial charge in [-0.15, -0.1) is 0 Å². The van der Waals surface area contributed by atoms with Gasteiger partial charge in [-0.1, -0.05) is 13.8 Å². The van der Waals surface area contributed by atoms with Gasteiger partial charge in [0.1, 0.15) is 18.3 Å². The van der Waals surface area contributed by atoms with Gasteiger partial charge in [0.25, 0.3) is 0 Å². The van der Waals surface area contributed by atoms with E-state index in [-0.39, 0.29) is 17.1 Å². The molecule has 0 aliphatic heterocycles. The first-order valence-electron chi connectivity index (χ1n) is 9.55. The number of benzene rings is 1. The second-order valence-corrected chi connectivity index (χ2v) is 8.53. The minimum absolute atomic E-state index is 0.0341. The number of aliphatic hydroxyl groups is 1. The fraction of sp³-hybridized carbons (Fsp3) is 0.500. The second kappa shape index (κ2) is 9.34. The van der Waals surface area contributed by atoms with Crippen molar-refractivity contribution in [3.05, 3.63) is 45.0 Å². The fourth-order valence-electron chi connectivity index (χ4n) is 3.68. The van der Waals surface area contributed by atoms with E-state index in [0.29, 0.717) is 27.1 Å². The van der Waals surface area contributed by atoms with Gasteiger partial charge >= 0.3 is 6.18 Å². The SMILES string of the molecule is COc1cc(C(O)C2=C(C)C(=O)C=CC2(C)OCC(F)(F)F)c(Br)c(C(C)C)c1OC. The number of hydrogen-bond acceptors (Lipinski definition) is 5. The highest BCUT2D eigenvalue weighted by molar-refractivity contribution is 9.10. The zero-order valence-corrected chi connectivity index (χ0v) is 19.8. The summed E-state index contributed by atoms with van der Waals surface area (Å²) in [6.45, 7) is 5.16. The molecule has 5 nitrogen and oxygen atoms in total. The van der Waals surface area contributed by atoms with E-state index in [1.165, 1.54) is 40.2 Å². The third-order valence-corrected chi connectivity index (χ3v) is 6.10. The first-order chi connectivity index (χ1) is 14.3. The summed E-state index contributed by atoms with van der Waals surface area (Å²) >= 11 is 3.51. The summed E-state index contributed by atoms with van der Waals surface area (Å²) in [5.41, 5.74) is -0.456. The lowest BCUT2D eigenvalue weighted by atomic mass is 9.79. The number of aliphatic hydroxyl groups excluding tert-OH is 1. The van der Waals surface area contributed by atoms with E-state index in [2.05, 4.69) is 15.9 Å². The summed E-state index contributed by atoms with van der Waals surface area (Å²) in [5, 5.41) is 11.3. The van der Waals surface area contributed by atoms with Crippen LogP contribution < -0.4 is 9.47 Å². The number of carbonyl (C=O) groups is 1.